The average Bonchev–Trinajstić information content (AvgIpc) is 2.62. The van der Waals surface area contributed by atoms with Gasteiger partial charge in [0, 0.05) is 5.75 Å². The first kappa shape index (κ1) is 27.6. The fourth-order valence-electron chi connectivity index (χ4n) is 2.11. The smallest absolute Gasteiger partial charge is 0.326 e. The van der Waals surface area contributed by atoms with Crippen molar-refractivity contribution in [2.45, 2.75) is 43.4 Å². The van der Waals surface area contributed by atoms with Gasteiger partial charge >= 0.3 is 11.9 Å². The van der Waals surface area contributed by atoms with Gasteiger partial charge in [0.25, 0.3) is 0 Å². The zero-order valence-electron chi connectivity index (χ0n) is 16.1. The summed E-state index contributed by atoms with van der Waals surface area (Å²) in [5, 5.41) is 24.1. The molecule has 0 radical (unpaired) electrons. The standard InChI is InChI=1S/C15H24N6O9S/c16-5(1-9(17)22)12(26)21-8(4-31)14(28)19-6(3-11(24)25)13(27)20-7(15(29)30)2-10(18)23/h5-8,31H,1-4,16H2,(H2,17,22)(H2,18,23)(H,19,28)(H,20,27)(H,21,26)(H,24,25)(H,29,30). The van der Waals surface area contributed by atoms with Gasteiger partial charge < -0.3 is 43.4 Å². The third-order valence-electron chi connectivity index (χ3n) is 3.61. The second-order valence-electron chi connectivity index (χ2n) is 6.25. The summed E-state index contributed by atoms with van der Waals surface area (Å²) in [6, 6.07) is -6.28. The summed E-state index contributed by atoms with van der Waals surface area (Å²) in [5.41, 5.74) is 15.3. The minimum Gasteiger partial charge on any atom is -0.481 e. The molecule has 0 fully saturated rings. The van der Waals surface area contributed by atoms with E-state index in [2.05, 4.69) is 17.9 Å². The number of nitrogens with two attached hydrogens (primary N) is 3. The third-order valence-corrected chi connectivity index (χ3v) is 3.97. The van der Waals surface area contributed by atoms with Crippen molar-refractivity contribution in [1.82, 2.24) is 16.0 Å². The maximum absolute atomic E-state index is 12.4. The van der Waals surface area contributed by atoms with Crippen LogP contribution in [0.3, 0.4) is 0 Å². The van der Waals surface area contributed by atoms with Crippen molar-refractivity contribution < 1.29 is 43.8 Å². The van der Waals surface area contributed by atoms with Gasteiger partial charge in [0.1, 0.15) is 18.1 Å². The molecule has 11 N–H and O–H groups in total. The van der Waals surface area contributed by atoms with Gasteiger partial charge in [-0.25, -0.2) is 4.79 Å². The third kappa shape index (κ3) is 10.8. The van der Waals surface area contributed by atoms with Crippen LogP contribution in [0.5, 0.6) is 0 Å². The first-order chi connectivity index (χ1) is 14.3. The molecule has 15 nitrogen and oxygen atoms in total. The van der Waals surface area contributed by atoms with Gasteiger partial charge in [-0.05, 0) is 0 Å². The number of primary amides is 2. The number of aliphatic carboxylic acids is 2. The van der Waals surface area contributed by atoms with Crippen LogP contribution < -0.4 is 33.2 Å². The largest absolute Gasteiger partial charge is 0.481 e. The lowest BCUT2D eigenvalue weighted by atomic mass is 10.1. The second kappa shape index (κ2) is 13.0. The number of nitrogens with one attached hydrogen (secondary N) is 3. The van der Waals surface area contributed by atoms with E-state index in [4.69, 9.17) is 27.4 Å². The summed E-state index contributed by atoms with van der Waals surface area (Å²) in [6.45, 7) is 0. The normalized spacial score (nSPS) is 14.3. The molecular weight excluding hydrogens is 440 g/mol. The Balaban J connectivity index is 5.32. The van der Waals surface area contributed by atoms with Gasteiger partial charge in [-0.1, -0.05) is 0 Å². The fourth-order valence-corrected chi connectivity index (χ4v) is 2.37. The number of thiol groups is 1. The molecule has 16 heteroatoms. The maximum Gasteiger partial charge on any atom is 0.326 e. The summed E-state index contributed by atoms with van der Waals surface area (Å²) in [5.74, 6) is -8.54. The molecule has 0 saturated heterocycles. The predicted octanol–water partition coefficient (Wildman–Crippen LogP) is -4.99. The molecule has 0 aromatic carbocycles. The summed E-state index contributed by atoms with van der Waals surface area (Å²) >= 11 is 3.88. The number of carbonyl (C=O) groups excluding carboxylic acids is 5. The number of carboxylic acids is 2. The van der Waals surface area contributed by atoms with E-state index in [1.165, 1.54) is 0 Å². The summed E-state index contributed by atoms with van der Waals surface area (Å²) in [7, 11) is 0. The van der Waals surface area contributed by atoms with E-state index in [0.717, 1.165) is 0 Å². The van der Waals surface area contributed by atoms with Crippen LogP contribution in [0.4, 0.5) is 0 Å². The number of carboxylic acid groups (broad SMARTS) is 2. The number of hydrogen-bond donors (Lipinski definition) is 9. The van der Waals surface area contributed by atoms with E-state index < -0.39 is 84.9 Å². The van der Waals surface area contributed by atoms with Gasteiger partial charge in [0.2, 0.25) is 29.5 Å². The number of amides is 5. The Labute approximate surface area is 180 Å². The highest BCUT2D eigenvalue weighted by atomic mass is 32.1. The van der Waals surface area contributed by atoms with Gasteiger partial charge in [0.05, 0.1) is 25.3 Å². The Hall–Kier alpha value is -3.40. The average molecular weight is 464 g/mol. The Kier molecular flexibility index (Phi) is 11.6. The van der Waals surface area contributed by atoms with E-state index in [0.29, 0.717) is 0 Å². The van der Waals surface area contributed by atoms with E-state index in [-0.39, 0.29) is 5.75 Å². The summed E-state index contributed by atoms with van der Waals surface area (Å²) in [6.07, 6.45) is -2.23. The molecule has 0 bridgehead atoms. The predicted molar refractivity (Wildman–Crippen MR) is 105 cm³/mol. The highest BCUT2D eigenvalue weighted by Gasteiger charge is 2.31. The zero-order chi connectivity index (χ0) is 24.3. The SMILES string of the molecule is NC(=O)CC(N)C(=O)NC(CS)C(=O)NC(CC(=O)O)C(=O)NC(CC(N)=O)C(=O)O. The first-order valence-corrected chi connectivity index (χ1v) is 9.20. The molecule has 0 aliphatic heterocycles. The Morgan fingerprint density at radius 3 is 1.58 bits per heavy atom. The number of rotatable bonds is 14. The molecule has 0 rings (SSSR count). The number of hydrogen-bond acceptors (Lipinski definition) is 9. The van der Waals surface area contributed by atoms with Gasteiger partial charge in [0.15, 0.2) is 0 Å². The van der Waals surface area contributed by atoms with Crippen LogP contribution in [0.1, 0.15) is 19.3 Å². The molecule has 0 aliphatic carbocycles. The van der Waals surface area contributed by atoms with Crippen molar-refractivity contribution in [3.63, 3.8) is 0 Å². The molecule has 31 heavy (non-hydrogen) atoms. The molecule has 0 aromatic heterocycles. The second-order valence-corrected chi connectivity index (χ2v) is 6.61. The van der Waals surface area contributed by atoms with E-state index in [9.17, 15) is 33.6 Å². The topological polar surface area (TPSA) is 274 Å². The quantitative estimate of drug-likeness (QED) is 0.110. The lowest BCUT2D eigenvalue weighted by molar-refractivity contribution is -0.144. The van der Waals surface area contributed by atoms with Crippen LogP contribution in [0, 0.1) is 0 Å². The van der Waals surface area contributed by atoms with Crippen LogP contribution in [-0.4, -0.2) is 81.6 Å². The van der Waals surface area contributed by atoms with Gasteiger partial charge in [-0.2, -0.15) is 12.6 Å². The van der Waals surface area contributed by atoms with Gasteiger partial charge in [-0.15, -0.1) is 0 Å². The molecule has 174 valence electrons. The molecular formula is C15H24N6O9S. The van der Waals surface area contributed by atoms with Crippen LogP contribution in [0.25, 0.3) is 0 Å². The van der Waals surface area contributed by atoms with Crippen molar-refractivity contribution in [3.8, 4) is 0 Å². The number of carbonyl (C=O) groups is 7. The lowest BCUT2D eigenvalue weighted by Gasteiger charge is -2.23. The van der Waals surface area contributed by atoms with E-state index >= 15 is 0 Å². The van der Waals surface area contributed by atoms with Crippen LogP contribution >= 0.6 is 12.6 Å². The molecule has 4 atom stereocenters. The van der Waals surface area contributed by atoms with Gasteiger partial charge in [-0.3, -0.25) is 28.8 Å². The fraction of sp³-hybridized carbons (Fsp3) is 0.533. The molecule has 0 aromatic rings. The van der Waals surface area contributed by atoms with Crippen LogP contribution in [-0.2, 0) is 33.6 Å². The van der Waals surface area contributed by atoms with Crippen molar-refractivity contribution in [2.24, 2.45) is 17.2 Å². The summed E-state index contributed by atoms with van der Waals surface area (Å²) < 4.78 is 0. The minimum atomic E-state index is -1.77. The maximum atomic E-state index is 12.4. The zero-order valence-corrected chi connectivity index (χ0v) is 17.0. The van der Waals surface area contributed by atoms with Crippen LogP contribution in [0.2, 0.25) is 0 Å². The minimum absolute atomic E-state index is 0.304. The van der Waals surface area contributed by atoms with Crippen LogP contribution in [0.15, 0.2) is 0 Å². The molecule has 0 heterocycles. The molecule has 0 saturated carbocycles. The lowest BCUT2D eigenvalue weighted by Crippen LogP contribution is -2.58. The van der Waals surface area contributed by atoms with Crippen molar-refractivity contribution in [2.75, 3.05) is 5.75 Å². The molecule has 4 unspecified atom stereocenters. The van der Waals surface area contributed by atoms with Crippen molar-refractivity contribution >= 4 is 54.1 Å². The Morgan fingerprint density at radius 1 is 0.710 bits per heavy atom. The highest BCUT2D eigenvalue weighted by Crippen LogP contribution is 2.00. The van der Waals surface area contributed by atoms with E-state index in [1.807, 2.05) is 10.6 Å². The molecule has 5 amide bonds. The first-order valence-electron chi connectivity index (χ1n) is 8.57. The highest BCUT2D eigenvalue weighted by molar-refractivity contribution is 7.80. The van der Waals surface area contributed by atoms with E-state index in [1.54, 1.807) is 0 Å². The van der Waals surface area contributed by atoms with Crippen molar-refractivity contribution in [1.29, 1.82) is 0 Å². The molecule has 0 spiro atoms. The van der Waals surface area contributed by atoms with Crippen molar-refractivity contribution in [3.05, 3.63) is 0 Å². The summed E-state index contributed by atoms with van der Waals surface area (Å²) in [4.78, 5) is 80.5. The molecule has 0 aliphatic rings. The Morgan fingerprint density at radius 2 is 1.16 bits per heavy atom. The Bertz CT molecular complexity index is 746. The monoisotopic (exact) mass is 464 g/mol.